The van der Waals surface area contributed by atoms with Crippen molar-refractivity contribution in [3.05, 3.63) is 92.1 Å². The van der Waals surface area contributed by atoms with E-state index >= 15 is 0 Å². The van der Waals surface area contributed by atoms with Crippen LogP contribution >= 0.6 is 0 Å². The van der Waals surface area contributed by atoms with Gasteiger partial charge in [0.2, 0.25) is 5.91 Å². The summed E-state index contributed by atoms with van der Waals surface area (Å²) in [5.41, 5.74) is 4.79. The quantitative estimate of drug-likeness (QED) is 0.270. The molecule has 0 radical (unpaired) electrons. The van der Waals surface area contributed by atoms with Gasteiger partial charge in [-0.2, -0.15) is 0 Å². The average Bonchev–Trinajstić information content (AvgIpc) is 3.73. The van der Waals surface area contributed by atoms with E-state index in [0.717, 1.165) is 72.3 Å². The SMILES string of the molecule is CCCCc1nc(C2CC2)c(CC(=O)NCCC)c(=O)n1Cc1ccc(-c2ccccc2-c2noc(=O)[nH]2)cc1. The zero-order valence-corrected chi connectivity index (χ0v) is 23.0. The van der Waals surface area contributed by atoms with Crippen LogP contribution in [0.2, 0.25) is 0 Å². The third-order valence-corrected chi connectivity index (χ3v) is 7.23. The average molecular weight is 542 g/mol. The van der Waals surface area contributed by atoms with E-state index in [4.69, 9.17) is 9.51 Å². The second-order valence-corrected chi connectivity index (χ2v) is 10.4. The maximum atomic E-state index is 13.9. The molecule has 208 valence electrons. The number of H-pyrrole nitrogens is 1. The van der Waals surface area contributed by atoms with Crippen LogP contribution in [-0.4, -0.2) is 32.1 Å². The summed E-state index contributed by atoms with van der Waals surface area (Å²) in [7, 11) is 0. The van der Waals surface area contributed by atoms with Gasteiger partial charge in [0.25, 0.3) is 5.56 Å². The molecule has 1 aliphatic rings. The Kier molecular flexibility index (Phi) is 8.38. The minimum absolute atomic E-state index is 0.0611. The molecule has 1 amide bonds. The van der Waals surface area contributed by atoms with Crippen molar-refractivity contribution in [3.63, 3.8) is 0 Å². The van der Waals surface area contributed by atoms with Gasteiger partial charge in [-0.05, 0) is 42.4 Å². The number of hydrogen-bond donors (Lipinski definition) is 2. The highest BCUT2D eigenvalue weighted by Crippen LogP contribution is 2.40. The van der Waals surface area contributed by atoms with Crippen LogP contribution in [0.5, 0.6) is 0 Å². The van der Waals surface area contributed by atoms with Crippen molar-refractivity contribution in [2.75, 3.05) is 6.54 Å². The van der Waals surface area contributed by atoms with Gasteiger partial charge >= 0.3 is 5.76 Å². The number of benzene rings is 2. The number of aryl methyl sites for hydroxylation is 1. The highest BCUT2D eigenvalue weighted by Gasteiger charge is 2.31. The van der Waals surface area contributed by atoms with Gasteiger partial charge in [-0.1, -0.05) is 74.0 Å². The molecule has 1 aliphatic carbocycles. The van der Waals surface area contributed by atoms with Crippen LogP contribution in [0.15, 0.2) is 62.6 Å². The topological polar surface area (TPSA) is 123 Å². The Morgan fingerprint density at radius 1 is 1.05 bits per heavy atom. The molecule has 4 aromatic rings. The maximum absolute atomic E-state index is 13.9. The fourth-order valence-corrected chi connectivity index (χ4v) is 4.95. The van der Waals surface area contributed by atoms with Gasteiger partial charge in [-0.3, -0.25) is 23.7 Å². The molecule has 0 aliphatic heterocycles. The molecule has 1 saturated carbocycles. The normalized spacial score (nSPS) is 12.9. The number of amides is 1. The van der Waals surface area contributed by atoms with Crippen LogP contribution in [0, 0.1) is 0 Å². The summed E-state index contributed by atoms with van der Waals surface area (Å²) in [5, 5.41) is 6.75. The third-order valence-electron chi connectivity index (χ3n) is 7.23. The Balaban J connectivity index is 1.47. The van der Waals surface area contributed by atoms with Crippen molar-refractivity contribution in [1.82, 2.24) is 25.0 Å². The lowest BCUT2D eigenvalue weighted by atomic mass is 9.98. The second-order valence-electron chi connectivity index (χ2n) is 10.4. The van der Waals surface area contributed by atoms with Crippen molar-refractivity contribution in [2.45, 2.75) is 71.3 Å². The van der Waals surface area contributed by atoms with Crippen LogP contribution in [0.25, 0.3) is 22.5 Å². The number of aromatic amines is 1. The fourth-order valence-electron chi connectivity index (χ4n) is 4.95. The van der Waals surface area contributed by atoms with Crippen LogP contribution in [0.4, 0.5) is 0 Å². The summed E-state index contributed by atoms with van der Waals surface area (Å²) in [6.45, 7) is 5.10. The minimum atomic E-state index is -0.604. The molecule has 2 aromatic carbocycles. The van der Waals surface area contributed by atoms with Gasteiger partial charge in [0.05, 0.1) is 18.7 Å². The zero-order chi connectivity index (χ0) is 28.1. The Bertz CT molecular complexity index is 1600. The van der Waals surface area contributed by atoms with E-state index in [9.17, 15) is 14.4 Å². The molecule has 2 aromatic heterocycles. The van der Waals surface area contributed by atoms with E-state index in [1.54, 1.807) is 4.57 Å². The first-order valence-corrected chi connectivity index (χ1v) is 14.1. The maximum Gasteiger partial charge on any atom is 0.439 e. The monoisotopic (exact) mass is 541 g/mol. The Hall–Kier alpha value is -4.27. The molecule has 5 rings (SSSR count). The van der Waals surface area contributed by atoms with Gasteiger partial charge < -0.3 is 5.32 Å². The van der Waals surface area contributed by atoms with Gasteiger partial charge in [0.15, 0.2) is 5.82 Å². The molecule has 1 fully saturated rings. The summed E-state index contributed by atoms with van der Waals surface area (Å²) in [6.07, 6.45) is 5.58. The molecule has 9 nitrogen and oxygen atoms in total. The summed E-state index contributed by atoms with van der Waals surface area (Å²) in [5.74, 6) is 0.695. The summed E-state index contributed by atoms with van der Waals surface area (Å²) in [6, 6.07) is 15.6. The molecule has 0 atom stereocenters. The fraction of sp³-hybridized carbons (Fsp3) is 0.387. The Morgan fingerprint density at radius 3 is 2.45 bits per heavy atom. The second kappa shape index (κ2) is 12.3. The van der Waals surface area contributed by atoms with Crippen LogP contribution in [0.3, 0.4) is 0 Å². The predicted octanol–water partition coefficient (Wildman–Crippen LogP) is 4.59. The molecule has 0 saturated heterocycles. The standard InChI is InChI=1S/C31H35N5O4/c1-3-5-10-26-33-28(22-15-16-22)25(18-27(37)32-17-4-2)30(38)36(26)19-20-11-13-21(14-12-20)23-8-6-7-9-24(23)29-34-31(39)40-35-29/h6-9,11-14,22H,3-5,10,15-19H2,1-2H3,(H,32,37)(H,34,35,39). The van der Waals surface area contributed by atoms with E-state index in [1.807, 2.05) is 55.5 Å². The first kappa shape index (κ1) is 27.3. The first-order chi connectivity index (χ1) is 19.5. The lowest BCUT2D eigenvalue weighted by Crippen LogP contribution is -2.34. The van der Waals surface area contributed by atoms with Crippen molar-refractivity contribution in [3.8, 4) is 22.5 Å². The largest absolute Gasteiger partial charge is 0.439 e. The van der Waals surface area contributed by atoms with E-state index in [-0.39, 0.29) is 23.8 Å². The number of aromatic nitrogens is 4. The van der Waals surface area contributed by atoms with Gasteiger partial charge in [0.1, 0.15) is 5.82 Å². The van der Waals surface area contributed by atoms with Crippen molar-refractivity contribution in [1.29, 1.82) is 0 Å². The number of rotatable bonds is 12. The van der Waals surface area contributed by atoms with Gasteiger partial charge in [-0.15, -0.1) is 0 Å². The highest BCUT2D eigenvalue weighted by atomic mass is 16.5. The number of hydrogen-bond acceptors (Lipinski definition) is 6. The van der Waals surface area contributed by atoms with Crippen LogP contribution < -0.4 is 16.6 Å². The van der Waals surface area contributed by atoms with Crippen molar-refractivity contribution in [2.24, 2.45) is 0 Å². The first-order valence-electron chi connectivity index (χ1n) is 14.1. The van der Waals surface area contributed by atoms with E-state index < -0.39 is 5.76 Å². The van der Waals surface area contributed by atoms with E-state index in [0.29, 0.717) is 24.5 Å². The summed E-state index contributed by atoms with van der Waals surface area (Å²) >= 11 is 0. The van der Waals surface area contributed by atoms with Crippen molar-refractivity contribution >= 4 is 5.91 Å². The van der Waals surface area contributed by atoms with E-state index in [1.165, 1.54) is 0 Å². The molecule has 0 spiro atoms. The predicted molar refractivity (Wildman–Crippen MR) is 153 cm³/mol. The minimum Gasteiger partial charge on any atom is -0.356 e. The van der Waals surface area contributed by atoms with Crippen LogP contribution in [0.1, 0.15) is 74.5 Å². The lowest BCUT2D eigenvalue weighted by Gasteiger charge is -2.18. The molecule has 2 heterocycles. The summed E-state index contributed by atoms with van der Waals surface area (Å²) < 4.78 is 6.46. The lowest BCUT2D eigenvalue weighted by molar-refractivity contribution is -0.120. The Labute approximate surface area is 232 Å². The molecule has 2 N–H and O–H groups in total. The zero-order valence-electron chi connectivity index (χ0n) is 23.0. The molecule has 0 unspecified atom stereocenters. The number of carbonyl (C=O) groups excluding carboxylic acids is 1. The summed E-state index contributed by atoms with van der Waals surface area (Å²) in [4.78, 5) is 45.7. The van der Waals surface area contributed by atoms with Crippen molar-refractivity contribution < 1.29 is 9.32 Å². The number of nitrogens with one attached hydrogen (secondary N) is 2. The highest BCUT2D eigenvalue weighted by molar-refractivity contribution is 5.80. The molecular weight excluding hydrogens is 506 g/mol. The number of unbranched alkanes of at least 4 members (excludes halogenated alkanes) is 1. The van der Waals surface area contributed by atoms with E-state index in [2.05, 4.69) is 22.4 Å². The smallest absolute Gasteiger partial charge is 0.356 e. The van der Waals surface area contributed by atoms with Crippen LogP contribution in [-0.2, 0) is 24.2 Å². The third kappa shape index (κ3) is 6.14. The molecule has 0 bridgehead atoms. The number of nitrogens with zero attached hydrogens (tertiary/aromatic N) is 3. The number of carbonyl (C=O) groups is 1. The van der Waals surface area contributed by atoms with Gasteiger partial charge in [0, 0.05) is 30.0 Å². The molecule has 40 heavy (non-hydrogen) atoms. The molecule has 9 heteroatoms. The molecular formula is C31H35N5O4. The van der Waals surface area contributed by atoms with Gasteiger partial charge in [-0.25, -0.2) is 9.78 Å². The Morgan fingerprint density at radius 2 is 1.80 bits per heavy atom.